The van der Waals surface area contributed by atoms with Gasteiger partial charge in [0.25, 0.3) is 0 Å². The molecule has 3 atom stereocenters. The number of nitrogens with one attached hydrogen (secondary N) is 1. The minimum absolute atomic E-state index is 0.132. The second kappa shape index (κ2) is 7.39. The van der Waals surface area contributed by atoms with Crippen LogP contribution in [0.4, 0.5) is 0 Å². The Bertz CT molecular complexity index is 416. The zero-order chi connectivity index (χ0) is 15.3. The number of nitrogens with zero attached hydrogens (tertiary/aromatic N) is 1. The maximum absolute atomic E-state index is 9.97. The second-order valence-corrected chi connectivity index (χ2v) is 6.65. The number of hydrogen-bond donors (Lipinski definition) is 2. The number of likely N-dealkylation sites (tertiary alicyclic amines) is 1. The number of piperidine rings is 1. The Morgan fingerprint density at radius 3 is 2.52 bits per heavy atom. The van der Waals surface area contributed by atoms with Crippen molar-refractivity contribution in [2.75, 3.05) is 33.3 Å². The highest BCUT2D eigenvalue weighted by Gasteiger charge is 2.31. The average molecular weight is 290 g/mol. The fourth-order valence-electron chi connectivity index (χ4n) is 3.32. The SMILES string of the molecule is CNC(CO)(CCN1CCC(C)C(C)C1)c1ccccc1. The number of aliphatic hydroxyl groups is 1. The lowest BCUT2D eigenvalue weighted by Crippen LogP contribution is -2.47. The Labute approximate surface area is 129 Å². The third-order valence-electron chi connectivity index (χ3n) is 5.35. The summed E-state index contributed by atoms with van der Waals surface area (Å²) in [6.07, 6.45) is 2.23. The number of aliphatic hydroxyl groups excluding tert-OH is 1. The van der Waals surface area contributed by atoms with Gasteiger partial charge < -0.3 is 15.3 Å². The first-order chi connectivity index (χ1) is 10.1. The maximum atomic E-state index is 9.97. The Balaban J connectivity index is 2.01. The van der Waals surface area contributed by atoms with Gasteiger partial charge in [-0.05, 0) is 43.8 Å². The van der Waals surface area contributed by atoms with E-state index < -0.39 is 0 Å². The summed E-state index contributed by atoms with van der Waals surface area (Å²) in [5.74, 6) is 1.61. The van der Waals surface area contributed by atoms with Gasteiger partial charge in [0, 0.05) is 13.1 Å². The summed E-state index contributed by atoms with van der Waals surface area (Å²) in [6.45, 7) is 8.25. The molecule has 0 radical (unpaired) electrons. The van der Waals surface area contributed by atoms with Crippen molar-refractivity contribution in [1.29, 1.82) is 0 Å². The van der Waals surface area contributed by atoms with Crippen molar-refractivity contribution in [2.45, 2.75) is 32.2 Å². The Hall–Kier alpha value is -0.900. The minimum atomic E-state index is -0.326. The highest BCUT2D eigenvalue weighted by molar-refractivity contribution is 5.24. The normalized spacial score (nSPS) is 26.5. The zero-order valence-corrected chi connectivity index (χ0v) is 13.7. The molecule has 1 aliphatic rings. The summed E-state index contributed by atoms with van der Waals surface area (Å²) in [5.41, 5.74) is 0.849. The molecule has 1 aliphatic heterocycles. The average Bonchev–Trinajstić information content (AvgIpc) is 2.53. The molecule has 21 heavy (non-hydrogen) atoms. The molecule has 1 heterocycles. The Morgan fingerprint density at radius 2 is 1.95 bits per heavy atom. The van der Waals surface area contributed by atoms with Gasteiger partial charge in [-0.25, -0.2) is 0 Å². The quantitative estimate of drug-likeness (QED) is 0.845. The first-order valence-electron chi connectivity index (χ1n) is 8.19. The molecule has 3 unspecified atom stereocenters. The van der Waals surface area contributed by atoms with Crippen LogP contribution in [0, 0.1) is 11.8 Å². The lowest BCUT2D eigenvalue weighted by molar-refractivity contribution is 0.103. The molecule has 2 N–H and O–H groups in total. The maximum Gasteiger partial charge on any atom is 0.0678 e. The van der Waals surface area contributed by atoms with E-state index in [0.29, 0.717) is 0 Å². The topological polar surface area (TPSA) is 35.5 Å². The Kier molecular flexibility index (Phi) is 5.80. The van der Waals surface area contributed by atoms with E-state index in [9.17, 15) is 5.11 Å². The molecule has 1 saturated heterocycles. The molecule has 2 rings (SSSR count). The van der Waals surface area contributed by atoms with E-state index in [4.69, 9.17) is 0 Å². The number of hydrogen-bond acceptors (Lipinski definition) is 3. The van der Waals surface area contributed by atoms with Gasteiger partial charge in [0.1, 0.15) is 0 Å². The van der Waals surface area contributed by atoms with Crippen molar-refractivity contribution in [1.82, 2.24) is 10.2 Å². The van der Waals surface area contributed by atoms with Gasteiger partial charge in [-0.3, -0.25) is 0 Å². The summed E-state index contributed by atoms with van der Waals surface area (Å²) in [5, 5.41) is 13.3. The van der Waals surface area contributed by atoms with Gasteiger partial charge >= 0.3 is 0 Å². The van der Waals surface area contributed by atoms with E-state index in [1.807, 2.05) is 25.2 Å². The molecular formula is C18H30N2O. The standard InChI is InChI=1S/C18H30N2O/c1-15-9-11-20(13-16(15)2)12-10-18(14-21,19-3)17-7-5-4-6-8-17/h4-8,15-16,19,21H,9-14H2,1-3H3. The second-order valence-electron chi connectivity index (χ2n) is 6.65. The monoisotopic (exact) mass is 290 g/mol. The molecule has 1 fully saturated rings. The van der Waals surface area contributed by atoms with Crippen molar-refractivity contribution in [3.05, 3.63) is 35.9 Å². The molecule has 0 saturated carbocycles. The summed E-state index contributed by atoms with van der Waals surface area (Å²) in [7, 11) is 1.95. The van der Waals surface area contributed by atoms with E-state index in [2.05, 4.69) is 36.2 Å². The van der Waals surface area contributed by atoms with Crippen LogP contribution in [-0.2, 0) is 5.54 Å². The molecule has 1 aromatic carbocycles. The van der Waals surface area contributed by atoms with Crippen molar-refractivity contribution >= 4 is 0 Å². The number of benzene rings is 1. The fourth-order valence-corrected chi connectivity index (χ4v) is 3.32. The predicted octanol–water partition coefficient (Wildman–Crippen LogP) is 2.46. The molecule has 0 amide bonds. The highest BCUT2D eigenvalue weighted by Crippen LogP contribution is 2.27. The van der Waals surface area contributed by atoms with Crippen LogP contribution in [0.15, 0.2) is 30.3 Å². The lowest BCUT2D eigenvalue weighted by Gasteiger charge is -2.39. The van der Waals surface area contributed by atoms with Gasteiger partial charge in [0.05, 0.1) is 12.1 Å². The third kappa shape index (κ3) is 3.85. The van der Waals surface area contributed by atoms with Gasteiger partial charge in [0.2, 0.25) is 0 Å². The summed E-state index contributed by atoms with van der Waals surface area (Å²) in [6, 6.07) is 10.3. The zero-order valence-electron chi connectivity index (χ0n) is 13.7. The van der Waals surface area contributed by atoms with Crippen LogP contribution in [0.1, 0.15) is 32.3 Å². The van der Waals surface area contributed by atoms with Crippen LogP contribution >= 0.6 is 0 Å². The van der Waals surface area contributed by atoms with Crippen LogP contribution < -0.4 is 5.32 Å². The van der Waals surface area contributed by atoms with E-state index in [1.165, 1.54) is 25.1 Å². The molecule has 3 heteroatoms. The Morgan fingerprint density at radius 1 is 1.24 bits per heavy atom. The van der Waals surface area contributed by atoms with Crippen LogP contribution in [0.3, 0.4) is 0 Å². The summed E-state index contributed by atoms with van der Waals surface area (Å²) >= 11 is 0. The van der Waals surface area contributed by atoms with Crippen LogP contribution in [0.5, 0.6) is 0 Å². The van der Waals surface area contributed by atoms with Crippen LogP contribution in [-0.4, -0.2) is 43.3 Å². The highest BCUT2D eigenvalue weighted by atomic mass is 16.3. The molecule has 0 aromatic heterocycles. The smallest absolute Gasteiger partial charge is 0.0678 e. The molecule has 1 aromatic rings. The predicted molar refractivity (Wildman–Crippen MR) is 88.3 cm³/mol. The van der Waals surface area contributed by atoms with E-state index in [1.54, 1.807) is 0 Å². The van der Waals surface area contributed by atoms with Crippen LogP contribution in [0.2, 0.25) is 0 Å². The van der Waals surface area contributed by atoms with Gasteiger partial charge in [-0.15, -0.1) is 0 Å². The van der Waals surface area contributed by atoms with Gasteiger partial charge in [-0.2, -0.15) is 0 Å². The lowest BCUT2D eigenvalue weighted by atomic mass is 9.85. The fraction of sp³-hybridized carbons (Fsp3) is 0.667. The largest absolute Gasteiger partial charge is 0.394 e. The van der Waals surface area contributed by atoms with Gasteiger partial charge in [-0.1, -0.05) is 44.2 Å². The summed E-state index contributed by atoms with van der Waals surface area (Å²) in [4.78, 5) is 2.55. The molecule has 0 aliphatic carbocycles. The molecule has 3 nitrogen and oxygen atoms in total. The molecular weight excluding hydrogens is 260 g/mol. The number of likely N-dealkylation sites (N-methyl/N-ethyl adjacent to an activating group) is 1. The minimum Gasteiger partial charge on any atom is -0.394 e. The first-order valence-corrected chi connectivity index (χ1v) is 8.19. The molecule has 0 spiro atoms. The number of rotatable bonds is 6. The van der Waals surface area contributed by atoms with Crippen molar-refractivity contribution in [2.24, 2.45) is 11.8 Å². The first kappa shape index (κ1) is 16.5. The molecule has 118 valence electrons. The van der Waals surface area contributed by atoms with Crippen molar-refractivity contribution in [3.8, 4) is 0 Å². The van der Waals surface area contributed by atoms with Crippen LogP contribution in [0.25, 0.3) is 0 Å². The third-order valence-corrected chi connectivity index (χ3v) is 5.35. The van der Waals surface area contributed by atoms with Crippen molar-refractivity contribution in [3.63, 3.8) is 0 Å². The van der Waals surface area contributed by atoms with E-state index in [0.717, 1.165) is 24.8 Å². The summed E-state index contributed by atoms with van der Waals surface area (Å²) < 4.78 is 0. The van der Waals surface area contributed by atoms with E-state index >= 15 is 0 Å². The van der Waals surface area contributed by atoms with Crippen molar-refractivity contribution < 1.29 is 5.11 Å². The molecule has 0 bridgehead atoms. The van der Waals surface area contributed by atoms with Gasteiger partial charge in [0.15, 0.2) is 0 Å². The van der Waals surface area contributed by atoms with E-state index in [-0.39, 0.29) is 12.1 Å².